The summed E-state index contributed by atoms with van der Waals surface area (Å²) in [6, 6.07) is 13.8. The Morgan fingerprint density at radius 1 is 1.02 bits per heavy atom. The van der Waals surface area contributed by atoms with Crippen molar-refractivity contribution in [1.82, 2.24) is 14.8 Å². The first-order valence-corrected chi connectivity index (χ1v) is 19.5. The summed E-state index contributed by atoms with van der Waals surface area (Å²) in [6.07, 6.45) is 2.94. The number of thiophene rings is 1. The van der Waals surface area contributed by atoms with E-state index < -0.39 is 33.9 Å². The molecule has 10 nitrogen and oxygen atoms in total. The molecule has 0 spiro atoms. The number of pyridine rings is 1. The standard InChI is InChI=1S/C27H39N3O2.C7H4F3NO.C5H3F3OS.CH2O2/c1-3-9-24-22(12-8-17-29(24)2)26(31)30-18-15-27(20-28,16-19-30)23-13-6-7-14-25(23)32-21-10-4-5-11-21;8-7(9,10)5-2-1-3-11-6(5)4-12;6-5(7,8)4-1-3(9)2-10-4;2-1-3/h6-7,13-14,21-22,24H,3-5,8-12,15-19H2,1-2H3;1-4H;1-2,9H;1H,(H,2,3). The van der Waals surface area contributed by atoms with Crippen LogP contribution < -0.4 is 4.74 Å². The van der Waals surface area contributed by atoms with Gasteiger partial charge in [0.15, 0.2) is 6.29 Å². The third kappa shape index (κ3) is 13.2. The largest absolute Gasteiger partial charge is 0.507 e. The van der Waals surface area contributed by atoms with Crippen molar-refractivity contribution in [3.8, 4) is 17.6 Å². The number of carbonyl (C=O) groups excluding carboxylic acids is 2. The molecule has 17 heteroatoms. The summed E-state index contributed by atoms with van der Waals surface area (Å²) in [5.41, 5.74) is -1.13. The maximum Gasteiger partial charge on any atom is 0.425 e. The number of likely N-dealkylation sites (tertiary alicyclic amines) is 2. The first-order valence-electron chi connectivity index (χ1n) is 18.6. The van der Waals surface area contributed by atoms with E-state index in [0.717, 1.165) is 80.1 Å². The Morgan fingerprint density at radius 3 is 2.18 bits per heavy atom. The maximum absolute atomic E-state index is 13.5. The summed E-state index contributed by atoms with van der Waals surface area (Å²) < 4.78 is 77.6. The van der Waals surface area contributed by atoms with Crippen LogP contribution in [0.1, 0.15) is 97.6 Å². The van der Waals surface area contributed by atoms with Gasteiger partial charge in [-0.3, -0.25) is 19.4 Å². The molecule has 1 aliphatic carbocycles. The Bertz CT molecular complexity index is 1770. The molecule has 57 heavy (non-hydrogen) atoms. The van der Waals surface area contributed by atoms with E-state index in [1.54, 1.807) is 0 Å². The molecule has 6 rings (SSSR count). The predicted molar refractivity (Wildman–Crippen MR) is 201 cm³/mol. The molecular formula is C40H48F6N4O6S. The highest BCUT2D eigenvalue weighted by Gasteiger charge is 2.43. The number of ether oxygens (including phenoxy) is 1. The summed E-state index contributed by atoms with van der Waals surface area (Å²) in [4.78, 5) is 38.9. The number of carbonyl (C=O) groups is 3. The smallest absolute Gasteiger partial charge is 0.425 e. The van der Waals surface area contributed by atoms with Crippen molar-refractivity contribution in [2.45, 2.75) is 101 Å². The number of halogens is 6. The van der Waals surface area contributed by atoms with Crippen LogP contribution in [0.4, 0.5) is 26.3 Å². The Morgan fingerprint density at radius 2 is 1.67 bits per heavy atom. The van der Waals surface area contributed by atoms with Crippen LogP contribution in [-0.2, 0) is 27.4 Å². The number of hydrogen-bond acceptors (Lipinski definition) is 9. The van der Waals surface area contributed by atoms with Gasteiger partial charge in [-0.15, -0.1) is 11.3 Å². The highest BCUT2D eigenvalue weighted by atomic mass is 32.1. The number of rotatable bonds is 7. The zero-order valence-electron chi connectivity index (χ0n) is 31.8. The second-order valence-electron chi connectivity index (χ2n) is 13.9. The molecule has 3 aromatic rings. The molecule has 0 bridgehead atoms. The average Bonchev–Trinajstić information content (AvgIpc) is 3.88. The lowest BCUT2D eigenvalue weighted by Gasteiger charge is -2.43. The summed E-state index contributed by atoms with van der Waals surface area (Å²) in [5, 5.41) is 26.7. The van der Waals surface area contributed by atoms with Crippen molar-refractivity contribution < 1.29 is 55.7 Å². The Labute approximate surface area is 332 Å². The van der Waals surface area contributed by atoms with E-state index in [1.165, 1.54) is 12.8 Å². The van der Waals surface area contributed by atoms with Gasteiger partial charge >= 0.3 is 12.4 Å². The highest BCUT2D eigenvalue weighted by molar-refractivity contribution is 7.10. The first-order chi connectivity index (χ1) is 27.0. The molecule has 2 aromatic heterocycles. The molecule has 4 heterocycles. The topological polar surface area (TPSA) is 144 Å². The van der Waals surface area contributed by atoms with E-state index in [0.29, 0.717) is 55.3 Å². The molecular weight excluding hydrogens is 779 g/mol. The Hall–Kier alpha value is -4.69. The lowest BCUT2D eigenvalue weighted by atomic mass is 9.73. The molecule has 3 fully saturated rings. The zero-order valence-corrected chi connectivity index (χ0v) is 32.6. The predicted octanol–water partition coefficient (Wildman–Crippen LogP) is 8.99. The molecule has 0 radical (unpaired) electrons. The minimum absolute atomic E-state index is 0.0861. The lowest BCUT2D eigenvalue weighted by Crippen LogP contribution is -2.53. The van der Waals surface area contributed by atoms with Crippen LogP contribution in [-0.4, -0.2) is 82.5 Å². The van der Waals surface area contributed by atoms with E-state index in [1.807, 2.05) is 23.1 Å². The third-order valence-electron chi connectivity index (χ3n) is 10.2. The fraction of sp³-hybridized carbons (Fsp3) is 0.525. The summed E-state index contributed by atoms with van der Waals surface area (Å²) >= 11 is 0.481. The molecule has 2 atom stereocenters. The number of hydrogen-bond donors (Lipinski definition) is 2. The van der Waals surface area contributed by atoms with E-state index in [-0.39, 0.29) is 30.5 Å². The van der Waals surface area contributed by atoms with Gasteiger partial charge in [-0.2, -0.15) is 31.6 Å². The van der Waals surface area contributed by atoms with E-state index in [4.69, 9.17) is 19.7 Å². The van der Waals surface area contributed by atoms with E-state index in [2.05, 4.69) is 36.0 Å². The second kappa shape index (κ2) is 21.7. The number of piperidine rings is 2. The number of benzene rings is 1. The SMILES string of the molecule is CCCC1C(C(=O)N2CCC(C#N)(c3ccccc3OC3CCCC3)CC2)CCCN1C.O=CO.O=Cc1ncccc1C(F)(F)F.Oc1csc(C(F)(F)F)c1. The minimum Gasteiger partial charge on any atom is -0.507 e. The molecule has 1 amide bonds. The van der Waals surface area contributed by atoms with Crippen molar-refractivity contribution in [3.05, 3.63) is 75.7 Å². The van der Waals surface area contributed by atoms with Crippen LogP contribution in [0, 0.1) is 17.2 Å². The van der Waals surface area contributed by atoms with Crippen LogP contribution in [0.2, 0.25) is 0 Å². The number of carboxylic acid groups (broad SMARTS) is 1. The van der Waals surface area contributed by atoms with Crippen LogP contribution >= 0.6 is 11.3 Å². The number of amides is 1. The highest BCUT2D eigenvalue weighted by Crippen LogP contribution is 2.42. The van der Waals surface area contributed by atoms with Gasteiger partial charge in [0.05, 0.1) is 29.1 Å². The van der Waals surface area contributed by atoms with Gasteiger partial charge in [0.1, 0.15) is 22.1 Å². The van der Waals surface area contributed by atoms with Gasteiger partial charge in [0.2, 0.25) is 5.91 Å². The fourth-order valence-electron chi connectivity index (χ4n) is 7.39. The molecule has 2 aliphatic heterocycles. The number of nitrogens with zero attached hydrogens (tertiary/aromatic N) is 4. The van der Waals surface area contributed by atoms with Crippen LogP contribution in [0.3, 0.4) is 0 Å². The fourth-order valence-corrected chi connectivity index (χ4v) is 8.03. The van der Waals surface area contributed by atoms with Crippen LogP contribution in [0.5, 0.6) is 11.5 Å². The maximum atomic E-state index is 13.5. The van der Waals surface area contributed by atoms with E-state index in [9.17, 15) is 41.2 Å². The van der Waals surface area contributed by atoms with Gasteiger partial charge in [-0.05, 0) is 89.6 Å². The number of aromatic nitrogens is 1. The summed E-state index contributed by atoms with van der Waals surface area (Å²) in [7, 11) is 2.16. The molecule has 1 saturated carbocycles. The lowest BCUT2D eigenvalue weighted by molar-refractivity contribution is -0.141. The summed E-state index contributed by atoms with van der Waals surface area (Å²) in [5.74, 6) is 0.938. The Balaban J connectivity index is 0.000000283. The Kier molecular flexibility index (Phi) is 17.8. The van der Waals surface area contributed by atoms with Crippen molar-refractivity contribution >= 4 is 30.0 Å². The molecule has 2 N–H and O–H groups in total. The zero-order chi connectivity index (χ0) is 42.2. The van der Waals surface area contributed by atoms with Gasteiger partial charge in [-0.1, -0.05) is 31.5 Å². The van der Waals surface area contributed by atoms with Gasteiger partial charge in [-0.25, -0.2) is 0 Å². The first kappa shape index (κ1) is 46.7. The number of para-hydroxylation sites is 1. The minimum atomic E-state index is -4.51. The molecule has 1 aromatic carbocycles. The van der Waals surface area contributed by atoms with Crippen molar-refractivity contribution in [1.29, 1.82) is 5.26 Å². The number of aromatic hydroxyl groups is 1. The molecule has 2 unspecified atom stereocenters. The van der Waals surface area contributed by atoms with Gasteiger partial charge < -0.3 is 24.7 Å². The third-order valence-corrected chi connectivity index (χ3v) is 11.2. The van der Waals surface area contributed by atoms with Crippen molar-refractivity contribution in [3.63, 3.8) is 0 Å². The molecule has 312 valence electrons. The van der Waals surface area contributed by atoms with Gasteiger partial charge in [0.25, 0.3) is 6.47 Å². The van der Waals surface area contributed by atoms with Gasteiger partial charge in [0, 0.05) is 42.3 Å². The number of alkyl halides is 6. The second-order valence-corrected chi connectivity index (χ2v) is 14.9. The van der Waals surface area contributed by atoms with E-state index >= 15 is 0 Å². The van der Waals surface area contributed by atoms with Crippen molar-refractivity contribution in [2.24, 2.45) is 5.92 Å². The van der Waals surface area contributed by atoms with Crippen molar-refractivity contribution in [2.75, 3.05) is 26.7 Å². The molecule has 2 saturated heterocycles. The number of aldehydes is 1. The average molecular weight is 827 g/mol. The van der Waals surface area contributed by atoms with Crippen LogP contribution in [0.15, 0.2) is 54.0 Å². The number of nitriles is 1. The molecule has 3 aliphatic rings. The quantitative estimate of drug-likeness (QED) is 0.176. The normalized spacial score (nSPS) is 19.6. The monoisotopic (exact) mass is 826 g/mol. The van der Waals surface area contributed by atoms with Crippen LogP contribution in [0.25, 0.3) is 0 Å². The summed E-state index contributed by atoms with van der Waals surface area (Å²) in [6.45, 7) is 4.35.